The van der Waals surface area contributed by atoms with Crippen molar-refractivity contribution in [3.8, 4) is 18.2 Å². The Bertz CT molecular complexity index is 646. The van der Waals surface area contributed by atoms with E-state index in [1.54, 1.807) is 18.4 Å². The van der Waals surface area contributed by atoms with Gasteiger partial charge >= 0.3 is 0 Å². The second kappa shape index (κ2) is 8.43. The Morgan fingerprint density at radius 2 is 1.86 bits per heavy atom. The first-order valence-electron chi connectivity index (χ1n) is 5.97. The molecule has 0 aliphatic rings. The third kappa shape index (κ3) is 4.38. The van der Waals surface area contributed by atoms with Crippen molar-refractivity contribution < 1.29 is 4.79 Å². The topological polar surface area (TPSA) is 100 Å². The molecule has 0 fully saturated rings. The van der Waals surface area contributed by atoms with Crippen LogP contribution in [-0.4, -0.2) is 12.2 Å². The molecule has 0 bridgehead atoms. The highest BCUT2D eigenvalue weighted by atomic mass is 32.2. The van der Waals surface area contributed by atoms with Gasteiger partial charge in [0.1, 0.15) is 17.7 Å². The molecule has 6 heteroatoms. The Morgan fingerprint density at radius 3 is 2.33 bits per heavy atom. The largest absolute Gasteiger partial charge is 0.351 e. The zero-order valence-corrected chi connectivity index (χ0v) is 12.1. The molecular formula is C15H12N4OS. The number of hydrogen-bond acceptors (Lipinski definition) is 5. The number of amides is 1. The number of carbonyl (C=O) groups is 1. The maximum Gasteiger partial charge on any atom is 0.242 e. The fourth-order valence-electron chi connectivity index (χ4n) is 1.62. The van der Waals surface area contributed by atoms with Crippen LogP contribution < -0.4 is 5.32 Å². The number of nitriles is 3. The van der Waals surface area contributed by atoms with Gasteiger partial charge in [-0.3, -0.25) is 4.79 Å². The van der Waals surface area contributed by atoms with E-state index < -0.39 is 11.8 Å². The van der Waals surface area contributed by atoms with Crippen LogP contribution in [0.4, 0.5) is 0 Å². The third-order valence-corrected chi connectivity index (χ3v) is 3.53. The summed E-state index contributed by atoms with van der Waals surface area (Å²) in [6.07, 6.45) is 1.62. The quantitative estimate of drug-likeness (QED) is 0.839. The third-order valence-electron chi connectivity index (χ3n) is 2.65. The highest BCUT2D eigenvalue weighted by Gasteiger charge is 2.25. The van der Waals surface area contributed by atoms with E-state index in [1.807, 2.05) is 36.4 Å². The van der Waals surface area contributed by atoms with Gasteiger partial charge in [-0.2, -0.15) is 15.8 Å². The zero-order valence-electron chi connectivity index (χ0n) is 11.3. The average Bonchev–Trinajstić information content (AvgIpc) is 2.54. The van der Waals surface area contributed by atoms with Crippen molar-refractivity contribution in [1.29, 1.82) is 15.8 Å². The van der Waals surface area contributed by atoms with Crippen molar-refractivity contribution in [1.82, 2.24) is 5.32 Å². The van der Waals surface area contributed by atoms with Crippen LogP contribution in [0.25, 0.3) is 0 Å². The van der Waals surface area contributed by atoms with Gasteiger partial charge in [-0.15, -0.1) is 11.8 Å². The van der Waals surface area contributed by atoms with E-state index in [2.05, 4.69) is 5.32 Å². The molecule has 0 unspecified atom stereocenters. The number of rotatable bonds is 5. The van der Waals surface area contributed by atoms with Gasteiger partial charge in [0.05, 0.1) is 6.07 Å². The highest BCUT2D eigenvalue weighted by Crippen LogP contribution is 2.25. The minimum Gasteiger partial charge on any atom is -0.351 e. The molecule has 1 N–H and O–H groups in total. The van der Waals surface area contributed by atoms with E-state index in [9.17, 15) is 4.79 Å². The number of benzene rings is 1. The number of thioether (sulfide) groups is 1. The molecule has 0 spiro atoms. The summed E-state index contributed by atoms with van der Waals surface area (Å²) in [5.74, 6) is -1.67. The van der Waals surface area contributed by atoms with Crippen molar-refractivity contribution in [2.24, 2.45) is 5.92 Å². The van der Waals surface area contributed by atoms with Crippen LogP contribution in [0.5, 0.6) is 0 Å². The maximum absolute atomic E-state index is 12.1. The lowest BCUT2D eigenvalue weighted by Gasteiger charge is -2.12. The van der Waals surface area contributed by atoms with E-state index in [-0.39, 0.29) is 17.0 Å². The minimum atomic E-state index is -1.15. The Morgan fingerprint density at radius 1 is 1.24 bits per heavy atom. The van der Waals surface area contributed by atoms with E-state index in [0.29, 0.717) is 0 Å². The molecular weight excluding hydrogens is 284 g/mol. The van der Waals surface area contributed by atoms with E-state index in [0.717, 1.165) is 17.3 Å². The predicted molar refractivity (Wildman–Crippen MR) is 79.2 cm³/mol. The zero-order chi connectivity index (χ0) is 15.7. The summed E-state index contributed by atoms with van der Waals surface area (Å²) < 4.78 is 0. The molecule has 0 saturated carbocycles. The monoisotopic (exact) mass is 296 g/mol. The molecule has 1 amide bonds. The van der Waals surface area contributed by atoms with Crippen LogP contribution in [0.3, 0.4) is 0 Å². The van der Waals surface area contributed by atoms with Crippen LogP contribution in [0.15, 0.2) is 40.8 Å². The molecule has 5 nitrogen and oxygen atoms in total. The summed E-state index contributed by atoms with van der Waals surface area (Å²) in [4.78, 5) is 12.3. The first-order valence-corrected chi connectivity index (χ1v) is 7.20. The SMILES string of the molecule is CSC(=C(C#N)C#N)[C@H](C#N)C(=O)NCc1ccccc1. The van der Waals surface area contributed by atoms with Crippen molar-refractivity contribution in [3.63, 3.8) is 0 Å². The smallest absolute Gasteiger partial charge is 0.242 e. The van der Waals surface area contributed by atoms with Gasteiger partial charge in [0.25, 0.3) is 0 Å². The predicted octanol–water partition coefficient (Wildman–Crippen LogP) is 2.11. The lowest BCUT2D eigenvalue weighted by molar-refractivity contribution is -0.122. The van der Waals surface area contributed by atoms with E-state index in [1.165, 1.54) is 0 Å². The molecule has 1 aromatic carbocycles. The van der Waals surface area contributed by atoms with Crippen molar-refractivity contribution in [2.45, 2.75) is 6.54 Å². The second-order valence-electron chi connectivity index (χ2n) is 3.93. The van der Waals surface area contributed by atoms with Crippen LogP contribution in [0.1, 0.15) is 5.56 Å². The van der Waals surface area contributed by atoms with Crippen LogP contribution in [0, 0.1) is 39.9 Å². The number of allylic oxidation sites excluding steroid dienone is 1. The Kier molecular flexibility index (Phi) is 6.54. The average molecular weight is 296 g/mol. The number of carbonyl (C=O) groups excluding carboxylic acids is 1. The first kappa shape index (κ1) is 16.3. The van der Waals surface area contributed by atoms with Crippen molar-refractivity contribution >= 4 is 17.7 Å². The molecule has 0 aliphatic carbocycles. The van der Waals surface area contributed by atoms with Crippen molar-refractivity contribution in [2.75, 3.05) is 6.26 Å². The van der Waals surface area contributed by atoms with Gasteiger partial charge in [-0.05, 0) is 11.8 Å². The summed E-state index contributed by atoms with van der Waals surface area (Å²) in [5, 5.41) is 29.6. The molecule has 1 rings (SSSR count). The minimum absolute atomic E-state index is 0.174. The molecule has 0 aliphatic heterocycles. The van der Waals surface area contributed by atoms with Crippen molar-refractivity contribution in [3.05, 3.63) is 46.4 Å². The molecule has 1 atom stereocenters. The molecule has 0 aromatic heterocycles. The molecule has 0 heterocycles. The summed E-state index contributed by atoms with van der Waals surface area (Å²) in [6.45, 7) is 0.286. The van der Waals surface area contributed by atoms with Crippen LogP contribution in [-0.2, 0) is 11.3 Å². The highest BCUT2D eigenvalue weighted by molar-refractivity contribution is 8.02. The van der Waals surface area contributed by atoms with E-state index in [4.69, 9.17) is 15.8 Å². The lowest BCUT2D eigenvalue weighted by atomic mass is 10.1. The normalized spacial score (nSPS) is 10.4. The second-order valence-corrected chi connectivity index (χ2v) is 4.78. The summed E-state index contributed by atoms with van der Waals surface area (Å²) in [7, 11) is 0. The first-order chi connectivity index (χ1) is 10.2. The van der Waals surface area contributed by atoms with Crippen LogP contribution in [0.2, 0.25) is 0 Å². The van der Waals surface area contributed by atoms with Gasteiger partial charge in [0.2, 0.25) is 5.91 Å². The lowest BCUT2D eigenvalue weighted by Crippen LogP contribution is -2.30. The van der Waals surface area contributed by atoms with Gasteiger partial charge in [-0.1, -0.05) is 30.3 Å². The van der Waals surface area contributed by atoms with Crippen LogP contribution >= 0.6 is 11.8 Å². The summed E-state index contributed by atoms with van der Waals surface area (Å²) >= 11 is 1.06. The molecule has 0 saturated heterocycles. The summed E-state index contributed by atoms with van der Waals surface area (Å²) in [6, 6.07) is 14.5. The standard InChI is InChI=1S/C15H12N4OS/c1-21-14(12(7-16)8-17)13(9-18)15(20)19-10-11-5-3-2-4-6-11/h2-6,13H,10H2,1H3,(H,19,20)/t13-/m0/s1. The molecule has 104 valence electrons. The Labute approximate surface area is 127 Å². The number of hydrogen-bond donors (Lipinski definition) is 1. The van der Waals surface area contributed by atoms with Gasteiger partial charge in [-0.25, -0.2) is 0 Å². The van der Waals surface area contributed by atoms with E-state index >= 15 is 0 Å². The maximum atomic E-state index is 12.1. The fourth-order valence-corrected chi connectivity index (χ4v) is 2.31. The summed E-state index contributed by atoms with van der Waals surface area (Å²) in [5.41, 5.74) is 0.696. The Hall–Kier alpha value is -2.75. The fraction of sp³-hybridized carbons (Fsp3) is 0.200. The molecule has 1 aromatic rings. The van der Waals surface area contributed by atoms with Gasteiger partial charge in [0, 0.05) is 11.4 Å². The Balaban J connectivity index is 2.88. The molecule has 0 radical (unpaired) electrons. The van der Waals surface area contributed by atoms with Gasteiger partial charge in [0.15, 0.2) is 5.92 Å². The van der Waals surface area contributed by atoms with Gasteiger partial charge < -0.3 is 5.32 Å². The number of nitrogens with zero attached hydrogens (tertiary/aromatic N) is 3. The number of nitrogens with one attached hydrogen (secondary N) is 1. The molecule has 21 heavy (non-hydrogen) atoms.